The van der Waals surface area contributed by atoms with Crippen LogP contribution in [0.5, 0.6) is 0 Å². The van der Waals surface area contributed by atoms with Crippen LogP contribution in [-0.2, 0) is 0 Å². The largest absolute Gasteiger partial charge is 0.306 e. The van der Waals surface area contributed by atoms with Crippen molar-refractivity contribution in [3.63, 3.8) is 0 Å². The summed E-state index contributed by atoms with van der Waals surface area (Å²) in [6, 6.07) is 1.35. The van der Waals surface area contributed by atoms with Gasteiger partial charge in [-0.3, -0.25) is 0 Å². The highest BCUT2D eigenvalue weighted by Crippen LogP contribution is 2.16. The number of allylic oxidation sites excluding steroid dienone is 2. The van der Waals surface area contributed by atoms with E-state index in [0.29, 0.717) is 0 Å². The Balaban J connectivity index is 2.32. The summed E-state index contributed by atoms with van der Waals surface area (Å²) in [5.74, 6) is 0. The van der Waals surface area contributed by atoms with Gasteiger partial charge in [0.25, 0.3) is 0 Å². The van der Waals surface area contributed by atoms with Gasteiger partial charge >= 0.3 is 0 Å². The second-order valence-electron chi connectivity index (χ2n) is 5.27. The lowest BCUT2D eigenvalue weighted by Crippen LogP contribution is -2.44. The molecule has 1 fully saturated rings. The first-order chi connectivity index (χ1) is 6.64. The van der Waals surface area contributed by atoms with Crippen LogP contribution in [0.1, 0.15) is 26.2 Å². The van der Waals surface area contributed by atoms with Gasteiger partial charge in [0.1, 0.15) is 0 Å². The molecule has 1 saturated heterocycles. The highest BCUT2D eigenvalue weighted by Gasteiger charge is 2.23. The van der Waals surface area contributed by atoms with E-state index in [2.05, 4.69) is 37.1 Å². The summed E-state index contributed by atoms with van der Waals surface area (Å²) >= 11 is 0. The Morgan fingerprint density at radius 3 is 2.36 bits per heavy atom. The van der Waals surface area contributed by atoms with Crippen LogP contribution in [-0.4, -0.2) is 32.2 Å². The van der Waals surface area contributed by atoms with E-state index >= 15 is 0 Å². The molecule has 0 N–H and O–H groups in total. The van der Waals surface area contributed by atoms with E-state index in [-0.39, 0.29) is 0 Å². The molecule has 0 unspecified atom stereocenters. The van der Waals surface area contributed by atoms with Crippen molar-refractivity contribution in [1.29, 1.82) is 0 Å². The molecule has 1 aliphatic rings. The van der Waals surface area contributed by atoms with Crippen molar-refractivity contribution in [2.24, 2.45) is 0 Å². The lowest BCUT2D eigenvalue weighted by Gasteiger charge is -2.33. The van der Waals surface area contributed by atoms with Gasteiger partial charge in [-0.2, -0.15) is 0 Å². The van der Waals surface area contributed by atoms with Gasteiger partial charge in [-0.05, 0) is 45.1 Å². The molecule has 1 heterocycles. The predicted octanol–water partition coefficient (Wildman–Crippen LogP) is 3.30. The number of hydrogen-bond acceptors (Lipinski definition) is 1. The van der Waals surface area contributed by atoms with Crippen LogP contribution in [0.25, 0.3) is 0 Å². The summed E-state index contributed by atoms with van der Waals surface area (Å²) < 4.78 is 0. The molecular formula is C12H25NSi. The molecule has 2 heteroatoms. The van der Waals surface area contributed by atoms with Gasteiger partial charge in [-0.1, -0.05) is 31.7 Å². The van der Waals surface area contributed by atoms with Gasteiger partial charge in [0, 0.05) is 0 Å². The Hall–Kier alpha value is -0.0831. The maximum Gasteiger partial charge on any atom is 0.0666 e. The van der Waals surface area contributed by atoms with Gasteiger partial charge in [0.2, 0.25) is 0 Å². The highest BCUT2D eigenvalue weighted by molar-refractivity contribution is 6.78. The normalized spacial score (nSPS) is 20.5. The fraction of sp³-hybridized carbons (Fsp3) is 0.833. The Labute approximate surface area is 90.2 Å². The van der Waals surface area contributed by atoms with E-state index in [1.165, 1.54) is 44.6 Å². The van der Waals surface area contributed by atoms with Crippen molar-refractivity contribution >= 4 is 8.07 Å². The molecule has 0 amide bonds. The minimum Gasteiger partial charge on any atom is -0.306 e. The molecule has 0 aromatic carbocycles. The van der Waals surface area contributed by atoms with Gasteiger partial charge in [-0.25, -0.2) is 0 Å². The zero-order valence-corrected chi connectivity index (χ0v) is 11.1. The summed E-state index contributed by atoms with van der Waals surface area (Å²) in [7, 11) is -0.973. The van der Waals surface area contributed by atoms with E-state index in [9.17, 15) is 0 Å². The van der Waals surface area contributed by atoms with Crippen LogP contribution in [0.4, 0.5) is 0 Å². The van der Waals surface area contributed by atoms with Crippen LogP contribution in [0.3, 0.4) is 0 Å². The van der Waals surface area contributed by atoms with Crippen LogP contribution in [0.15, 0.2) is 12.2 Å². The predicted molar refractivity (Wildman–Crippen MR) is 67.4 cm³/mol. The van der Waals surface area contributed by atoms with Gasteiger partial charge < -0.3 is 4.90 Å². The summed E-state index contributed by atoms with van der Waals surface area (Å²) in [4.78, 5) is 2.69. The summed E-state index contributed by atoms with van der Waals surface area (Å²) in [5, 5.41) is 0. The van der Waals surface area contributed by atoms with E-state index in [4.69, 9.17) is 0 Å². The quantitative estimate of drug-likeness (QED) is 0.509. The summed E-state index contributed by atoms with van der Waals surface area (Å²) in [6.45, 7) is 9.87. The first kappa shape index (κ1) is 12.0. The number of piperidine rings is 1. The molecule has 0 radical (unpaired) electrons. The first-order valence-electron chi connectivity index (χ1n) is 5.97. The summed E-state index contributed by atoms with van der Waals surface area (Å²) in [6.07, 6.45) is 10.3. The van der Waals surface area contributed by atoms with Crippen LogP contribution >= 0.6 is 0 Å². The van der Waals surface area contributed by atoms with Crippen molar-refractivity contribution < 1.29 is 0 Å². The van der Waals surface area contributed by atoms with Crippen LogP contribution in [0.2, 0.25) is 19.1 Å². The van der Waals surface area contributed by atoms with E-state index in [1.807, 2.05) is 0 Å². The third-order valence-electron chi connectivity index (χ3n) is 3.01. The molecular weight excluding hydrogens is 186 g/mol. The average Bonchev–Trinajstić information content (AvgIpc) is 2.16. The van der Waals surface area contributed by atoms with Gasteiger partial charge in [0.05, 0.1) is 8.07 Å². The zero-order valence-electron chi connectivity index (χ0n) is 10.1. The highest BCUT2D eigenvalue weighted by atomic mass is 28.3. The average molecular weight is 211 g/mol. The molecule has 0 aromatic rings. The number of hydrogen-bond donors (Lipinski definition) is 0. The Bertz CT molecular complexity index is 181. The smallest absolute Gasteiger partial charge is 0.0666 e. The molecule has 0 saturated carbocycles. The van der Waals surface area contributed by atoms with Crippen molar-refractivity contribution in [2.45, 2.75) is 45.3 Å². The Kier molecular flexibility index (Phi) is 4.89. The summed E-state index contributed by atoms with van der Waals surface area (Å²) in [5.41, 5.74) is 0. The number of nitrogens with zero attached hydrogens (tertiary/aromatic N) is 1. The fourth-order valence-corrected chi connectivity index (χ4v) is 4.75. The monoisotopic (exact) mass is 211 g/mol. The van der Waals surface area contributed by atoms with E-state index in [1.54, 1.807) is 0 Å². The maximum atomic E-state index is 2.69. The minimum absolute atomic E-state index is 0.973. The van der Waals surface area contributed by atoms with Crippen LogP contribution < -0.4 is 0 Å². The van der Waals surface area contributed by atoms with Crippen molar-refractivity contribution in [1.82, 2.24) is 4.90 Å². The molecule has 0 aromatic heterocycles. The lowest BCUT2D eigenvalue weighted by atomic mass is 10.1. The molecule has 82 valence electrons. The SMILES string of the molecule is CC=CC[Si](C)(C)CN1CCCCC1. The molecule has 0 bridgehead atoms. The molecule has 1 nitrogen and oxygen atoms in total. The molecule has 0 atom stereocenters. The minimum atomic E-state index is -0.973. The standard InChI is InChI=1S/C12H25NSi/c1-4-5-11-14(2,3)12-13-9-7-6-8-10-13/h4-5H,6-12H2,1-3H3. The lowest BCUT2D eigenvalue weighted by molar-refractivity contribution is 0.259. The first-order valence-corrected chi connectivity index (χ1v) is 9.39. The molecule has 0 aliphatic carbocycles. The fourth-order valence-electron chi connectivity index (χ4n) is 2.22. The van der Waals surface area contributed by atoms with Gasteiger partial charge in [0.15, 0.2) is 0 Å². The molecule has 14 heavy (non-hydrogen) atoms. The maximum absolute atomic E-state index is 2.69. The van der Waals surface area contributed by atoms with Crippen LogP contribution in [0, 0.1) is 0 Å². The molecule has 0 spiro atoms. The van der Waals surface area contributed by atoms with Crippen molar-refractivity contribution in [3.05, 3.63) is 12.2 Å². The van der Waals surface area contributed by atoms with E-state index < -0.39 is 8.07 Å². The number of rotatable bonds is 4. The van der Waals surface area contributed by atoms with Crippen molar-refractivity contribution in [3.8, 4) is 0 Å². The molecule has 1 rings (SSSR count). The second kappa shape index (κ2) is 5.71. The van der Waals surface area contributed by atoms with Crippen molar-refractivity contribution in [2.75, 3.05) is 19.3 Å². The third-order valence-corrected chi connectivity index (χ3v) is 5.65. The number of likely N-dealkylation sites (tertiary alicyclic amines) is 1. The second-order valence-corrected chi connectivity index (χ2v) is 10.3. The third kappa shape index (κ3) is 4.42. The topological polar surface area (TPSA) is 3.24 Å². The Morgan fingerprint density at radius 1 is 1.14 bits per heavy atom. The van der Waals surface area contributed by atoms with E-state index in [0.717, 1.165) is 0 Å². The van der Waals surface area contributed by atoms with Gasteiger partial charge in [-0.15, -0.1) is 0 Å². The Morgan fingerprint density at radius 2 is 1.79 bits per heavy atom. The zero-order chi connectivity index (χ0) is 10.4. The molecule has 1 aliphatic heterocycles.